The molecule has 0 spiro atoms. The third kappa shape index (κ3) is 3.48. The predicted octanol–water partition coefficient (Wildman–Crippen LogP) is 3.34. The maximum atomic E-state index is 12.2. The van der Waals surface area contributed by atoms with Gasteiger partial charge in [-0.25, -0.2) is 4.98 Å². The molecule has 0 saturated carbocycles. The summed E-state index contributed by atoms with van der Waals surface area (Å²) in [5, 5.41) is 0.885. The minimum atomic E-state index is 0.227. The summed E-state index contributed by atoms with van der Waals surface area (Å²) >= 11 is 4.95. The zero-order valence-corrected chi connectivity index (χ0v) is 12.8. The van der Waals surface area contributed by atoms with Crippen LogP contribution in [0.4, 0.5) is 0 Å². The third-order valence-corrected chi connectivity index (χ3v) is 5.07. The van der Waals surface area contributed by atoms with Crippen LogP contribution in [-0.4, -0.2) is 34.1 Å². The summed E-state index contributed by atoms with van der Waals surface area (Å²) < 4.78 is 0.953. The fraction of sp³-hybridized carbons (Fsp3) is 0.538. The lowest BCUT2D eigenvalue weighted by molar-refractivity contribution is -0.131. The topological polar surface area (TPSA) is 33.2 Å². The van der Waals surface area contributed by atoms with E-state index >= 15 is 0 Å². The average Bonchev–Trinajstić information content (AvgIpc) is 2.38. The van der Waals surface area contributed by atoms with E-state index in [2.05, 4.69) is 27.8 Å². The van der Waals surface area contributed by atoms with Crippen molar-refractivity contribution < 1.29 is 4.79 Å². The number of thioether (sulfide) groups is 1. The summed E-state index contributed by atoms with van der Waals surface area (Å²) in [6, 6.07) is 4.21. The molecule has 2 heterocycles. The molecule has 18 heavy (non-hydrogen) atoms. The Morgan fingerprint density at radius 3 is 3.17 bits per heavy atom. The lowest BCUT2D eigenvalue weighted by Crippen LogP contribution is -2.42. The zero-order chi connectivity index (χ0) is 13.0. The predicted molar refractivity (Wildman–Crippen MR) is 77.7 cm³/mol. The van der Waals surface area contributed by atoms with E-state index in [9.17, 15) is 4.79 Å². The molecule has 3 nitrogen and oxygen atoms in total. The summed E-state index contributed by atoms with van der Waals surface area (Å²) in [6.45, 7) is 3.04. The van der Waals surface area contributed by atoms with E-state index in [1.807, 2.05) is 17.0 Å². The number of nitrogens with zero attached hydrogens (tertiary/aromatic N) is 2. The lowest BCUT2D eigenvalue weighted by atomic mass is 10.0. The van der Waals surface area contributed by atoms with E-state index in [0.29, 0.717) is 11.8 Å². The van der Waals surface area contributed by atoms with Gasteiger partial charge in [-0.05, 0) is 54.2 Å². The molecule has 1 aromatic heterocycles. The van der Waals surface area contributed by atoms with E-state index in [1.54, 1.807) is 6.20 Å². The average molecular weight is 329 g/mol. The summed E-state index contributed by atoms with van der Waals surface area (Å²) in [5.74, 6) is 0.699. The molecule has 1 aromatic rings. The van der Waals surface area contributed by atoms with Crippen LogP contribution in [0.2, 0.25) is 0 Å². The van der Waals surface area contributed by atoms with Crippen molar-refractivity contribution in [3.63, 3.8) is 0 Å². The minimum absolute atomic E-state index is 0.227. The van der Waals surface area contributed by atoms with Crippen LogP contribution in [0.15, 0.2) is 27.8 Å². The van der Waals surface area contributed by atoms with Crippen molar-refractivity contribution in [2.24, 2.45) is 0 Å². The highest BCUT2D eigenvalue weighted by atomic mass is 79.9. The van der Waals surface area contributed by atoms with Crippen LogP contribution in [0.25, 0.3) is 0 Å². The smallest absolute Gasteiger partial charge is 0.233 e. The number of pyridine rings is 1. The number of carbonyl (C=O) groups excluding carboxylic acids is 1. The number of carbonyl (C=O) groups is 1. The van der Waals surface area contributed by atoms with Crippen LogP contribution in [-0.2, 0) is 4.79 Å². The molecule has 0 unspecified atom stereocenters. The molecule has 1 atom stereocenters. The maximum absolute atomic E-state index is 12.2. The number of aromatic nitrogens is 1. The van der Waals surface area contributed by atoms with E-state index in [4.69, 9.17) is 0 Å². The number of halogens is 1. The Balaban J connectivity index is 1.90. The molecule has 0 radical (unpaired) electrons. The van der Waals surface area contributed by atoms with Crippen LogP contribution in [0, 0.1) is 0 Å². The van der Waals surface area contributed by atoms with Crippen molar-refractivity contribution in [1.82, 2.24) is 9.88 Å². The Hall–Kier alpha value is -0.550. The summed E-state index contributed by atoms with van der Waals surface area (Å²) in [4.78, 5) is 18.4. The first kappa shape index (κ1) is 13.9. The Morgan fingerprint density at radius 2 is 2.44 bits per heavy atom. The van der Waals surface area contributed by atoms with E-state index in [1.165, 1.54) is 18.2 Å². The van der Waals surface area contributed by atoms with Gasteiger partial charge >= 0.3 is 0 Å². The second kappa shape index (κ2) is 6.57. The first-order valence-electron chi connectivity index (χ1n) is 6.21. The van der Waals surface area contributed by atoms with Crippen LogP contribution in [0.5, 0.6) is 0 Å². The number of likely N-dealkylation sites (tertiary alicyclic amines) is 1. The van der Waals surface area contributed by atoms with Gasteiger partial charge in [-0.2, -0.15) is 0 Å². The maximum Gasteiger partial charge on any atom is 0.233 e. The second-order valence-electron chi connectivity index (χ2n) is 4.51. The largest absolute Gasteiger partial charge is 0.339 e. The lowest BCUT2D eigenvalue weighted by Gasteiger charge is -2.33. The van der Waals surface area contributed by atoms with Crippen molar-refractivity contribution in [2.75, 3.05) is 12.3 Å². The summed E-state index contributed by atoms with van der Waals surface area (Å²) in [6.07, 6.45) is 5.25. The van der Waals surface area contributed by atoms with Crippen LogP contribution < -0.4 is 0 Å². The number of rotatable bonds is 3. The molecule has 1 amide bonds. The van der Waals surface area contributed by atoms with E-state index in [-0.39, 0.29) is 5.91 Å². The fourth-order valence-corrected chi connectivity index (χ4v) is 3.52. The Morgan fingerprint density at radius 1 is 1.61 bits per heavy atom. The summed E-state index contributed by atoms with van der Waals surface area (Å²) in [5.41, 5.74) is 0. The number of piperidine rings is 1. The molecule has 5 heteroatoms. The van der Waals surface area contributed by atoms with Gasteiger partial charge in [-0.3, -0.25) is 4.79 Å². The molecule has 0 bridgehead atoms. The van der Waals surface area contributed by atoms with Crippen LogP contribution in [0.1, 0.15) is 26.2 Å². The van der Waals surface area contributed by atoms with Gasteiger partial charge in [-0.1, -0.05) is 11.8 Å². The van der Waals surface area contributed by atoms with Crippen molar-refractivity contribution in [1.29, 1.82) is 0 Å². The Labute approximate surface area is 120 Å². The van der Waals surface area contributed by atoms with Crippen molar-refractivity contribution in [2.45, 2.75) is 37.3 Å². The molecule has 1 aliphatic heterocycles. The van der Waals surface area contributed by atoms with Gasteiger partial charge in [0.2, 0.25) is 5.91 Å². The number of hydrogen-bond acceptors (Lipinski definition) is 3. The molecule has 1 saturated heterocycles. The molecular weight excluding hydrogens is 312 g/mol. The Bertz CT molecular complexity index is 427. The van der Waals surface area contributed by atoms with E-state index in [0.717, 1.165) is 28.9 Å². The second-order valence-corrected chi connectivity index (χ2v) is 6.33. The van der Waals surface area contributed by atoms with Gasteiger partial charge in [-0.15, -0.1) is 0 Å². The number of hydrogen-bond donors (Lipinski definition) is 0. The Kier molecular flexibility index (Phi) is 5.06. The van der Waals surface area contributed by atoms with Gasteiger partial charge in [0.25, 0.3) is 0 Å². The van der Waals surface area contributed by atoms with Crippen LogP contribution in [0.3, 0.4) is 0 Å². The summed E-state index contributed by atoms with van der Waals surface area (Å²) in [7, 11) is 0. The molecule has 0 N–H and O–H groups in total. The first-order valence-corrected chi connectivity index (χ1v) is 7.99. The third-order valence-electron chi connectivity index (χ3n) is 3.18. The van der Waals surface area contributed by atoms with Crippen molar-refractivity contribution in [3.8, 4) is 0 Å². The molecule has 1 aliphatic rings. The molecular formula is C13H17BrN2OS. The molecule has 0 aliphatic carbocycles. The van der Waals surface area contributed by atoms with Gasteiger partial charge in [0, 0.05) is 23.3 Å². The molecule has 0 aromatic carbocycles. The SMILES string of the molecule is C[C@H]1CCCCN1C(=O)CSc1ncccc1Br. The van der Waals surface area contributed by atoms with Crippen molar-refractivity contribution >= 4 is 33.6 Å². The standard InChI is InChI=1S/C13H17BrN2OS/c1-10-5-2-3-8-16(10)12(17)9-18-13-11(14)6-4-7-15-13/h4,6-7,10H,2-3,5,8-9H2,1H3/t10-/m0/s1. The quantitative estimate of drug-likeness (QED) is 0.798. The highest BCUT2D eigenvalue weighted by Crippen LogP contribution is 2.25. The zero-order valence-electron chi connectivity index (χ0n) is 10.4. The minimum Gasteiger partial charge on any atom is -0.339 e. The van der Waals surface area contributed by atoms with Gasteiger partial charge in [0.05, 0.1) is 5.75 Å². The monoisotopic (exact) mass is 328 g/mol. The first-order chi connectivity index (χ1) is 8.68. The number of amides is 1. The normalized spacial score (nSPS) is 19.9. The molecule has 98 valence electrons. The molecule has 1 fully saturated rings. The van der Waals surface area contributed by atoms with Gasteiger partial charge in [0.1, 0.15) is 5.03 Å². The fourth-order valence-electron chi connectivity index (χ4n) is 2.16. The van der Waals surface area contributed by atoms with Gasteiger partial charge < -0.3 is 4.90 Å². The van der Waals surface area contributed by atoms with E-state index < -0.39 is 0 Å². The highest BCUT2D eigenvalue weighted by molar-refractivity contribution is 9.10. The van der Waals surface area contributed by atoms with Gasteiger partial charge in [0.15, 0.2) is 0 Å². The van der Waals surface area contributed by atoms with Crippen LogP contribution >= 0.6 is 27.7 Å². The van der Waals surface area contributed by atoms with Crippen molar-refractivity contribution in [3.05, 3.63) is 22.8 Å². The molecule has 2 rings (SSSR count). The highest BCUT2D eigenvalue weighted by Gasteiger charge is 2.23.